The molecule has 2 heterocycles. The molecule has 2 aromatic heterocycles. The van der Waals surface area contributed by atoms with E-state index in [-0.39, 0.29) is 23.0 Å². The van der Waals surface area contributed by atoms with Gasteiger partial charge in [-0.15, -0.1) is 0 Å². The van der Waals surface area contributed by atoms with E-state index >= 15 is 0 Å². The van der Waals surface area contributed by atoms with Crippen molar-refractivity contribution in [3.05, 3.63) is 94.4 Å². The molecule has 5 rings (SSSR count). The Morgan fingerprint density at radius 1 is 0.939 bits per heavy atom. The van der Waals surface area contributed by atoms with Crippen LogP contribution in [0, 0.1) is 0 Å². The molecule has 0 fully saturated rings. The van der Waals surface area contributed by atoms with Crippen molar-refractivity contribution in [2.45, 2.75) is 20.3 Å². The number of ether oxygens (including phenoxy) is 1. The second-order valence-corrected chi connectivity index (χ2v) is 7.68. The van der Waals surface area contributed by atoms with Gasteiger partial charge in [0.2, 0.25) is 0 Å². The molecule has 7 nitrogen and oxygen atoms in total. The summed E-state index contributed by atoms with van der Waals surface area (Å²) in [4.78, 5) is 43.7. The van der Waals surface area contributed by atoms with Crippen molar-refractivity contribution in [1.29, 1.82) is 0 Å². The lowest BCUT2D eigenvalue weighted by atomic mass is 9.84. The molecule has 0 aliphatic heterocycles. The number of hydrogen-bond acceptors (Lipinski definition) is 5. The van der Waals surface area contributed by atoms with Gasteiger partial charge in [0, 0.05) is 34.1 Å². The maximum Gasteiger partial charge on any atom is 0.274 e. The number of nitrogens with zero attached hydrogens (tertiary/aromatic N) is 2. The molecule has 33 heavy (non-hydrogen) atoms. The molecule has 0 atom stereocenters. The van der Waals surface area contributed by atoms with Crippen molar-refractivity contribution in [2.75, 3.05) is 11.9 Å². The molecule has 1 amide bonds. The van der Waals surface area contributed by atoms with E-state index < -0.39 is 0 Å². The fraction of sp³-hybridized carbons (Fsp3) is 0.154. The van der Waals surface area contributed by atoms with E-state index in [1.54, 1.807) is 59.1 Å². The first-order valence-corrected chi connectivity index (χ1v) is 10.8. The van der Waals surface area contributed by atoms with E-state index in [0.717, 1.165) is 0 Å². The molecule has 164 valence electrons. The van der Waals surface area contributed by atoms with Crippen molar-refractivity contribution in [1.82, 2.24) is 9.38 Å². The predicted octanol–water partition coefficient (Wildman–Crippen LogP) is 4.32. The largest absolute Gasteiger partial charge is 0.490 e. The highest BCUT2D eigenvalue weighted by molar-refractivity contribution is 6.28. The van der Waals surface area contributed by atoms with E-state index in [2.05, 4.69) is 10.3 Å². The Kier molecular flexibility index (Phi) is 5.01. The highest BCUT2D eigenvalue weighted by Gasteiger charge is 2.30. The maximum atomic E-state index is 13.3. The second kappa shape index (κ2) is 8.02. The van der Waals surface area contributed by atoms with Crippen LogP contribution in [0.25, 0.3) is 5.65 Å². The molecule has 1 aliphatic carbocycles. The van der Waals surface area contributed by atoms with Crippen LogP contribution < -0.4 is 10.1 Å². The molecule has 0 bridgehead atoms. The number of anilines is 1. The molecule has 1 N–H and O–H groups in total. The number of aryl methyl sites for hydroxylation is 1. The first-order valence-electron chi connectivity index (χ1n) is 10.8. The number of amides is 1. The lowest BCUT2D eigenvalue weighted by Crippen LogP contribution is -2.22. The lowest BCUT2D eigenvalue weighted by molar-refractivity contribution is 0.0979. The third-order valence-corrected chi connectivity index (χ3v) is 5.72. The van der Waals surface area contributed by atoms with Crippen LogP contribution in [0.1, 0.15) is 61.9 Å². The van der Waals surface area contributed by atoms with Gasteiger partial charge in [0.25, 0.3) is 5.91 Å². The quantitative estimate of drug-likeness (QED) is 0.440. The minimum absolute atomic E-state index is 0.198. The van der Waals surface area contributed by atoms with E-state index in [0.29, 0.717) is 58.2 Å². The van der Waals surface area contributed by atoms with Gasteiger partial charge in [-0.3, -0.25) is 18.8 Å². The van der Waals surface area contributed by atoms with Gasteiger partial charge in [-0.2, -0.15) is 0 Å². The average molecular weight is 439 g/mol. The van der Waals surface area contributed by atoms with Crippen molar-refractivity contribution < 1.29 is 19.1 Å². The monoisotopic (exact) mass is 439 g/mol. The molecule has 0 saturated heterocycles. The Morgan fingerprint density at radius 2 is 1.64 bits per heavy atom. The molecule has 0 saturated carbocycles. The van der Waals surface area contributed by atoms with Crippen LogP contribution in [0.5, 0.6) is 5.75 Å². The lowest BCUT2D eigenvalue weighted by Gasteiger charge is -2.18. The smallest absolute Gasteiger partial charge is 0.274 e. The van der Waals surface area contributed by atoms with Crippen molar-refractivity contribution in [3.8, 4) is 5.75 Å². The number of aromatic nitrogens is 2. The average Bonchev–Trinajstić information content (AvgIpc) is 3.22. The summed E-state index contributed by atoms with van der Waals surface area (Å²) < 4.78 is 7.37. The second-order valence-electron chi connectivity index (χ2n) is 7.68. The van der Waals surface area contributed by atoms with Gasteiger partial charge in [-0.05, 0) is 43.7 Å². The standard InChI is InChI=1S/C26H21N3O4/c1-3-20-22(29-13-7-10-21(33-4-2)25(29)28-20)26(32)27-15-11-12-18-19(14-15)24(31)17-9-6-5-8-16(17)23(18)30/h5-14H,3-4H2,1-2H3,(H,27,32). The van der Waals surface area contributed by atoms with Gasteiger partial charge >= 0.3 is 0 Å². The summed E-state index contributed by atoms with van der Waals surface area (Å²) in [6, 6.07) is 15.2. The number of carbonyl (C=O) groups is 3. The third-order valence-electron chi connectivity index (χ3n) is 5.72. The highest BCUT2D eigenvalue weighted by atomic mass is 16.5. The van der Waals surface area contributed by atoms with Crippen LogP contribution in [0.4, 0.5) is 5.69 Å². The van der Waals surface area contributed by atoms with E-state index in [1.807, 2.05) is 19.9 Å². The first-order chi connectivity index (χ1) is 16.0. The topological polar surface area (TPSA) is 89.8 Å². The molecule has 4 aromatic rings. The molecular formula is C26H21N3O4. The molecular weight excluding hydrogens is 418 g/mol. The van der Waals surface area contributed by atoms with Gasteiger partial charge in [0.1, 0.15) is 5.69 Å². The zero-order valence-electron chi connectivity index (χ0n) is 18.2. The normalized spacial score (nSPS) is 12.4. The molecule has 0 unspecified atom stereocenters. The maximum absolute atomic E-state index is 13.3. The fourth-order valence-corrected chi connectivity index (χ4v) is 4.21. The van der Waals surface area contributed by atoms with Crippen molar-refractivity contribution >= 4 is 28.8 Å². The van der Waals surface area contributed by atoms with E-state index in [1.165, 1.54) is 0 Å². The Morgan fingerprint density at radius 3 is 2.33 bits per heavy atom. The Balaban J connectivity index is 1.52. The van der Waals surface area contributed by atoms with Crippen LogP contribution in [0.15, 0.2) is 60.8 Å². The summed E-state index contributed by atoms with van der Waals surface area (Å²) in [5.41, 5.74) is 3.43. The molecule has 0 spiro atoms. The molecule has 1 aliphatic rings. The zero-order valence-corrected chi connectivity index (χ0v) is 18.2. The van der Waals surface area contributed by atoms with Crippen LogP contribution in [-0.4, -0.2) is 33.5 Å². The third kappa shape index (κ3) is 3.29. The summed E-state index contributed by atoms with van der Waals surface area (Å²) in [6.45, 7) is 4.31. The van der Waals surface area contributed by atoms with Gasteiger partial charge in [-0.1, -0.05) is 31.2 Å². The number of imidazole rings is 1. The minimum Gasteiger partial charge on any atom is -0.490 e. The Bertz CT molecular complexity index is 1450. The van der Waals surface area contributed by atoms with Crippen molar-refractivity contribution in [2.24, 2.45) is 0 Å². The van der Waals surface area contributed by atoms with Crippen LogP contribution >= 0.6 is 0 Å². The number of rotatable bonds is 5. The highest BCUT2D eigenvalue weighted by Crippen LogP contribution is 2.30. The number of carbonyl (C=O) groups excluding carboxylic acids is 3. The number of ketones is 2. The number of nitrogens with one attached hydrogen (secondary N) is 1. The van der Waals surface area contributed by atoms with Gasteiger partial charge in [0.05, 0.1) is 12.3 Å². The summed E-state index contributed by atoms with van der Waals surface area (Å²) in [6.07, 6.45) is 2.33. The zero-order chi connectivity index (χ0) is 23.1. The van der Waals surface area contributed by atoms with E-state index in [9.17, 15) is 14.4 Å². The van der Waals surface area contributed by atoms with Gasteiger partial charge in [0.15, 0.2) is 23.0 Å². The summed E-state index contributed by atoms with van der Waals surface area (Å²) in [5, 5.41) is 2.87. The first kappa shape index (κ1) is 20.6. The SMILES string of the molecule is CCOc1cccn2c(C(=O)Nc3ccc4c(c3)C(=O)c3ccccc3C4=O)c(CC)nc12. The summed E-state index contributed by atoms with van der Waals surface area (Å²) in [5.74, 6) is -0.188. The molecule has 0 radical (unpaired) electrons. The summed E-state index contributed by atoms with van der Waals surface area (Å²) >= 11 is 0. The number of benzene rings is 2. The predicted molar refractivity (Wildman–Crippen MR) is 123 cm³/mol. The number of pyridine rings is 1. The number of hydrogen-bond donors (Lipinski definition) is 1. The van der Waals surface area contributed by atoms with Crippen LogP contribution in [0.2, 0.25) is 0 Å². The molecule has 2 aromatic carbocycles. The summed E-state index contributed by atoms with van der Waals surface area (Å²) in [7, 11) is 0. The van der Waals surface area contributed by atoms with E-state index in [4.69, 9.17) is 4.74 Å². The van der Waals surface area contributed by atoms with Crippen molar-refractivity contribution in [3.63, 3.8) is 0 Å². The fourth-order valence-electron chi connectivity index (χ4n) is 4.21. The van der Waals surface area contributed by atoms with Gasteiger partial charge < -0.3 is 10.1 Å². The Labute approximate surface area is 190 Å². The van der Waals surface area contributed by atoms with Crippen LogP contribution in [-0.2, 0) is 6.42 Å². The number of fused-ring (bicyclic) bond motifs is 3. The molecule has 7 heteroatoms. The van der Waals surface area contributed by atoms with Gasteiger partial charge in [-0.25, -0.2) is 4.98 Å². The van der Waals surface area contributed by atoms with Crippen LogP contribution in [0.3, 0.4) is 0 Å². The Hall–Kier alpha value is -4.26. The minimum atomic E-state index is -0.358.